The maximum absolute atomic E-state index is 2.56. The van der Waals surface area contributed by atoms with Crippen LogP contribution in [0.2, 0.25) is 0 Å². The van der Waals surface area contributed by atoms with Crippen LogP contribution in [0, 0.1) is 0 Å². The fourth-order valence-corrected chi connectivity index (χ4v) is 14.6. The lowest BCUT2D eigenvalue weighted by Gasteiger charge is -2.32. The van der Waals surface area contributed by atoms with E-state index in [-0.39, 0.29) is 6.71 Å². The zero-order chi connectivity index (χ0) is 47.8. The third kappa shape index (κ3) is 6.30. The Balaban J connectivity index is 1.06. The largest absolute Gasteiger partial charge is 0.308 e. The van der Waals surface area contributed by atoms with Gasteiger partial charge in [-0.25, -0.2) is 0 Å². The second-order valence-corrected chi connectivity index (χ2v) is 22.7. The highest BCUT2D eigenvalue weighted by molar-refractivity contribution is 8.00. The van der Waals surface area contributed by atoms with Gasteiger partial charge in [0.05, 0.1) is 37.8 Å². The molecule has 342 valence electrons. The summed E-state index contributed by atoms with van der Waals surface area (Å²) >= 11 is 3.85. The first-order chi connectivity index (χ1) is 34.7. The quantitative estimate of drug-likeness (QED) is 0.145. The van der Waals surface area contributed by atoms with Gasteiger partial charge < -0.3 is 13.7 Å². The summed E-state index contributed by atoms with van der Waals surface area (Å²) in [6, 6.07) is 71.3. The van der Waals surface area contributed by atoms with E-state index in [9.17, 15) is 0 Å². The molecular weight excluding hydrogens is 898 g/mol. The smallest absolute Gasteiger partial charge is 0.244 e. The highest BCUT2D eigenvalue weighted by Crippen LogP contribution is 2.45. The van der Waals surface area contributed by atoms with Gasteiger partial charge in [-0.2, -0.15) is 0 Å². The zero-order valence-electron chi connectivity index (χ0n) is 40.9. The Kier molecular flexibility index (Phi) is 9.69. The predicted molar refractivity (Wildman–Crippen MR) is 309 cm³/mol. The van der Waals surface area contributed by atoms with Crippen molar-refractivity contribution in [1.82, 2.24) is 13.7 Å². The molecule has 0 N–H and O–H groups in total. The molecule has 0 unspecified atom stereocenters. The lowest BCUT2D eigenvalue weighted by molar-refractivity contribution is 0.812. The summed E-state index contributed by atoms with van der Waals surface area (Å²) in [7, 11) is 0. The van der Waals surface area contributed by atoms with E-state index in [1.54, 1.807) is 0 Å². The van der Waals surface area contributed by atoms with Gasteiger partial charge in [-0.15, -0.1) is 11.3 Å². The van der Waals surface area contributed by atoms with Crippen molar-refractivity contribution in [3.05, 3.63) is 205 Å². The van der Waals surface area contributed by atoms with Gasteiger partial charge in [-0.3, -0.25) is 0 Å². The topological polar surface area (TPSA) is 14.8 Å². The van der Waals surface area contributed by atoms with Crippen molar-refractivity contribution < 1.29 is 0 Å². The van der Waals surface area contributed by atoms with Crippen molar-refractivity contribution in [2.45, 2.75) is 69.1 Å². The van der Waals surface area contributed by atoms with Gasteiger partial charge in [0.15, 0.2) is 0 Å². The van der Waals surface area contributed by atoms with Crippen LogP contribution in [0.5, 0.6) is 0 Å². The standard InChI is InChI=1S/C65H52BN3S2/c1-38(2)41-34-51(39(3)4)61(52(35-41)40(5)6)66-53-32-28-43(36-59(53)70-60-37-44(29-33-54(60)66)69-57-26-16-12-22-49(57)65-64(69)50-23-13-17-27-58(50)71-65)68-56-25-15-11-21-46(56)48-31-30-47-45-20-10-14-24-55(45)67(62(47)63(48)68)42-18-8-7-9-19-42/h7-40H,1-6H3. The average molecular weight is 950 g/mol. The molecule has 3 nitrogen and oxygen atoms in total. The van der Waals surface area contributed by atoms with Crippen molar-refractivity contribution in [3.63, 3.8) is 0 Å². The molecule has 1 aliphatic heterocycles. The van der Waals surface area contributed by atoms with E-state index in [4.69, 9.17) is 0 Å². The number of aromatic nitrogens is 3. The summed E-state index contributed by atoms with van der Waals surface area (Å²) in [6.07, 6.45) is 0. The summed E-state index contributed by atoms with van der Waals surface area (Å²) in [5, 5.41) is 7.64. The molecule has 1 aliphatic rings. The van der Waals surface area contributed by atoms with Crippen LogP contribution in [-0.2, 0) is 0 Å². The van der Waals surface area contributed by atoms with Crippen LogP contribution >= 0.6 is 23.1 Å². The minimum Gasteiger partial charge on any atom is -0.308 e. The Labute approximate surface area is 423 Å². The zero-order valence-corrected chi connectivity index (χ0v) is 42.5. The molecule has 0 radical (unpaired) electrons. The fourth-order valence-electron chi connectivity index (χ4n) is 12.2. The number of para-hydroxylation sites is 4. The monoisotopic (exact) mass is 949 g/mol. The minimum absolute atomic E-state index is 0.0502. The Bertz CT molecular complexity index is 4280. The molecule has 0 amide bonds. The fraction of sp³-hybridized carbons (Fsp3) is 0.138. The summed E-state index contributed by atoms with van der Waals surface area (Å²) in [5.74, 6) is 1.14. The van der Waals surface area contributed by atoms with Crippen LogP contribution < -0.4 is 16.4 Å². The van der Waals surface area contributed by atoms with Crippen LogP contribution in [0.4, 0.5) is 0 Å². The normalized spacial score (nSPS) is 12.9. The average Bonchev–Trinajstić information content (AvgIpc) is 4.14. The summed E-state index contributed by atoms with van der Waals surface area (Å²) < 4.78 is 10.3. The molecule has 0 atom stereocenters. The Morgan fingerprint density at radius 2 is 0.845 bits per heavy atom. The molecule has 6 heteroatoms. The van der Waals surface area contributed by atoms with Crippen LogP contribution in [-0.4, -0.2) is 20.4 Å². The molecule has 0 bridgehead atoms. The van der Waals surface area contributed by atoms with E-state index in [2.05, 4.69) is 243 Å². The predicted octanol–water partition coefficient (Wildman–Crippen LogP) is 16.5. The number of nitrogens with zero attached hydrogens (tertiary/aromatic N) is 3. The van der Waals surface area contributed by atoms with Gasteiger partial charge in [-0.05, 0) is 95.1 Å². The third-order valence-corrected chi connectivity index (χ3v) is 17.8. The first kappa shape index (κ1) is 42.6. The number of benzene rings is 9. The Morgan fingerprint density at radius 3 is 1.39 bits per heavy atom. The van der Waals surface area contributed by atoms with Crippen molar-refractivity contribution in [3.8, 4) is 17.1 Å². The second kappa shape index (κ2) is 16.1. The van der Waals surface area contributed by atoms with Gasteiger partial charge in [0, 0.05) is 63.9 Å². The van der Waals surface area contributed by atoms with E-state index < -0.39 is 0 Å². The Morgan fingerprint density at radius 1 is 0.380 bits per heavy atom. The molecule has 4 aromatic heterocycles. The van der Waals surface area contributed by atoms with Gasteiger partial charge in [0.2, 0.25) is 6.71 Å². The molecule has 0 fully saturated rings. The lowest BCUT2D eigenvalue weighted by atomic mass is 9.34. The molecule has 0 aliphatic carbocycles. The first-order valence-corrected chi connectivity index (χ1v) is 26.9. The van der Waals surface area contributed by atoms with Crippen molar-refractivity contribution in [2.75, 3.05) is 0 Å². The number of hydrogen-bond acceptors (Lipinski definition) is 2. The number of thiophene rings is 1. The van der Waals surface area contributed by atoms with Gasteiger partial charge >= 0.3 is 0 Å². The highest BCUT2D eigenvalue weighted by atomic mass is 32.2. The molecule has 0 saturated carbocycles. The van der Waals surface area contributed by atoms with Crippen molar-refractivity contribution in [2.24, 2.45) is 0 Å². The molecule has 0 spiro atoms. The Hall–Kier alpha value is -7.25. The van der Waals surface area contributed by atoms with E-state index in [1.807, 2.05) is 23.1 Å². The van der Waals surface area contributed by atoms with Crippen LogP contribution in [0.1, 0.15) is 76.0 Å². The second-order valence-electron chi connectivity index (χ2n) is 20.6. The van der Waals surface area contributed by atoms with E-state index in [0.29, 0.717) is 17.8 Å². The van der Waals surface area contributed by atoms with Crippen LogP contribution in [0.15, 0.2) is 198 Å². The summed E-state index contributed by atoms with van der Waals surface area (Å²) in [4.78, 5) is 2.62. The minimum atomic E-state index is 0.0502. The third-order valence-electron chi connectivity index (χ3n) is 15.5. The van der Waals surface area contributed by atoms with Gasteiger partial charge in [0.1, 0.15) is 0 Å². The molecule has 14 rings (SSSR count). The van der Waals surface area contributed by atoms with E-state index in [0.717, 1.165) is 5.69 Å². The molecule has 0 saturated heterocycles. The van der Waals surface area contributed by atoms with Gasteiger partial charge in [0.25, 0.3) is 0 Å². The molecular formula is C65H52BN3S2. The number of hydrogen-bond donors (Lipinski definition) is 0. The van der Waals surface area contributed by atoms with Gasteiger partial charge in [-0.1, -0.05) is 197 Å². The van der Waals surface area contributed by atoms with Crippen LogP contribution in [0.3, 0.4) is 0 Å². The maximum atomic E-state index is 2.56. The van der Waals surface area contributed by atoms with Crippen molar-refractivity contribution >= 4 is 121 Å². The maximum Gasteiger partial charge on any atom is 0.244 e. The first-order valence-electron chi connectivity index (χ1n) is 25.3. The van der Waals surface area contributed by atoms with E-state index in [1.165, 1.54) is 129 Å². The van der Waals surface area contributed by atoms with Crippen molar-refractivity contribution in [1.29, 1.82) is 0 Å². The SMILES string of the molecule is CC(C)c1cc(C(C)C)c(B2c3ccc(-n4c5ccccc5c5sc6ccccc6c54)cc3Sc3cc(-n4c5ccccc5c5ccc6c7ccccc7n(-c7ccccc7)c6c54)ccc32)c(C(C)C)c1. The highest BCUT2D eigenvalue weighted by Gasteiger charge is 2.37. The summed E-state index contributed by atoms with van der Waals surface area (Å²) in [6.45, 7) is 14.3. The molecule has 13 aromatic rings. The summed E-state index contributed by atoms with van der Waals surface area (Å²) in [5.41, 5.74) is 19.5. The molecule has 5 heterocycles. The van der Waals surface area contributed by atoms with E-state index >= 15 is 0 Å². The van der Waals surface area contributed by atoms with Crippen LogP contribution in [0.25, 0.3) is 91.9 Å². The number of fused-ring (bicyclic) bond motifs is 14. The molecule has 9 aromatic carbocycles. The lowest BCUT2D eigenvalue weighted by Crippen LogP contribution is -2.57. The number of rotatable bonds is 7. The molecule has 71 heavy (non-hydrogen) atoms.